The Labute approximate surface area is 111 Å². The molecule has 8 heteroatoms. The number of fused-ring (bicyclic) bond motifs is 1. The summed E-state index contributed by atoms with van der Waals surface area (Å²) in [4.78, 5) is 0.602. The molecular formula is C11H10N4O3S. The molecule has 0 bridgehead atoms. The van der Waals surface area contributed by atoms with Crippen molar-refractivity contribution in [1.29, 1.82) is 0 Å². The first kappa shape index (κ1) is 11.9. The van der Waals surface area contributed by atoms with E-state index in [2.05, 4.69) is 15.3 Å². The molecule has 0 aliphatic heterocycles. The van der Waals surface area contributed by atoms with Crippen molar-refractivity contribution in [3.63, 3.8) is 0 Å². The van der Waals surface area contributed by atoms with Gasteiger partial charge in [-0.05, 0) is 18.2 Å². The minimum atomic E-state index is 0.0519. The Balaban J connectivity index is 2.12. The van der Waals surface area contributed by atoms with Crippen LogP contribution in [0.3, 0.4) is 0 Å². The molecular weight excluding hydrogens is 268 g/mol. The number of aromatic nitrogens is 4. The lowest BCUT2D eigenvalue weighted by Gasteiger charge is -2.00. The lowest BCUT2D eigenvalue weighted by molar-refractivity contribution is 0.176. The summed E-state index contributed by atoms with van der Waals surface area (Å²) in [6.07, 6.45) is 0. The normalized spacial score (nSPS) is 11.2. The number of aromatic hydroxyl groups is 2. The van der Waals surface area contributed by atoms with Crippen LogP contribution in [0, 0.1) is 0 Å². The number of hydrogen-bond donors (Lipinski definition) is 2. The van der Waals surface area contributed by atoms with E-state index >= 15 is 0 Å². The summed E-state index contributed by atoms with van der Waals surface area (Å²) in [5.41, 5.74) is 0.457. The van der Waals surface area contributed by atoms with E-state index in [-0.39, 0.29) is 11.5 Å². The smallest absolute Gasteiger partial charge is 0.235 e. The molecule has 0 atom stereocenters. The summed E-state index contributed by atoms with van der Waals surface area (Å²) in [5.74, 6) is 0.701. The van der Waals surface area contributed by atoms with Crippen LogP contribution >= 0.6 is 11.3 Å². The Hall–Kier alpha value is -2.19. The second-order valence-corrected chi connectivity index (χ2v) is 4.81. The molecule has 0 saturated carbocycles. The second-order valence-electron chi connectivity index (χ2n) is 3.85. The van der Waals surface area contributed by atoms with Crippen LogP contribution in [0.15, 0.2) is 18.2 Å². The fourth-order valence-corrected chi connectivity index (χ4v) is 2.56. The van der Waals surface area contributed by atoms with E-state index in [0.29, 0.717) is 28.0 Å². The van der Waals surface area contributed by atoms with Crippen molar-refractivity contribution < 1.29 is 14.9 Å². The minimum Gasteiger partial charge on any atom is -0.508 e. The molecule has 1 aromatic carbocycles. The number of benzene rings is 1. The molecule has 2 N–H and O–H groups in total. The van der Waals surface area contributed by atoms with Crippen molar-refractivity contribution in [2.75, 3.05) is 7.11 Å². The summed E-state index contributed by atoms with van der Waals surface area (Å²) in [7, 11) is 1.56. The van der Waals surface area contributed by atoms with Crippen LogP contribution in [0.2, 0.25) is 0 Å². The van der Waals surface area contributed by atoms with Crippen molar-refractivity contribution in [2.24, 2.45) is 0 Å². The Bertz CT molecular complexity index is 737. The van der Waals surface area contributed by atoms with Gasteiger partial charge in [-0.15, -0.1) is 10.2 Å². The molecule has 98 valence electrons. The van der Waals surface area contributed by atoms with Gasteiger partial charge in [0.2, 0.25) is 4.96 Å². The summed E-state index contributed by atoms with van der Waals surface area (Å²) in [6, 6.07) is 4.29. The number of rotatable bonds is 3. The Morgan fingerprint density at radius 2 is 2.16 bits per heavy atom. The molecule has 0 amide bonds. The molecule has 0 unspecified atom stereocenters. The first-order chi connectivity index (χ1) is 9.19. The van der Waals surface area contributed by atoms with E-state index in [0.717, 1.165) is 0 Å². The topological polar surface area (TPSA) is 92.8 Å². The molecule has 19 heavy (non-hydrogen) atoms. The molecule has 0 aliphatic carbocycles. The maximum Gasteiger partial charge on any atom is 0.235 e. The van der Waals surface area contributed by atoms with Crippen molar-refractivity contribution >= 4 is 16.3 Å². The summed E-state index contributed by atoms with van der Waals surface area (Å²) in [6.45, 7) is 0.302. The van der Waals surface area contributed by atoms with Gasteiger partial charge in [0.25, 0.3) is 0 Å². The van der Waals surface area contributed by atoms with Crippen molar-refractivity contribution in [3.05, 3.63) is 24.0 Å². The molecule has 3 aromatic rings. The molecule has 2 heterocycles. The van der Waals surface area contributed by atoms with E-state index in [9.17, 15) is 10.2 Å². The van der Waals surface area contributed by atoms with Crippen LogP contribution in [-0.4, -0.2) is 37.1 Å². The summed E-state index contributed by atoms with van der Waals surface area (Å²) >= 11 is 1.27. The lowest BCUT2D eigenvalue weighted by Crippen LogP contribution is -1.97. The van der Waals surface area contributed by atoms with Crippen LogP contribution < -0.4 is 0 Å². The van der Waals surface area contributed by atoms with Gasteiger partial charge in [-0.1, -0.05) is 11.3 Å². The van der Waals surface area contributed by atoms with Crippen LogP contribution in [0.4, 0.5) is 0 Å². The van der Waals surface area contributed by atoms with Gasteiger partial charge in [0.1, 0.15) is 18.1 Å². The first-order valence-electron chi connectivity index (χ1n) is 5.41. The van der Waals surface area contributed by atoms with Gasteiger partial charge >= 0.3 is 0 Å². The third kappa shape index (κ3) is 2.00. The summed E-state index contributed by atoms with van der Waals surface area (Å²) in [5, 5.41) is 32.1. The van der Waals surface area contributed by atoms with Gasteiger partial charge in [-0.2, -0.15) is 9.61 Å². The quantitative estimate of drug-likeness (QED) is 0.704. The monoisotopic (exact) mass is 278 g/mol. The lowest BCUT2D eigenvalue weighted by atomic mass is 10.2. The molecule has 7 nitrogen and oxygen atoms in total. The SMILES string of the molecule is COCc1nnc2sc(-c3cc(O)ccc3O)nn12. The number of phenols is 2. The molecule has 0 spiro atoms. The maximum absolute atomic E-state index is 9.81. The third-order valence-corrected chi connectivity index (χ3v) is 3.47. The predicted octanol–water partition coefficient (Wildman–Crippen LogP) is 1.41. The highest BCUT2D eigenvalue weighted by molar-refractivity contribution is 7.19. The number of phenolic OH excluding ortho intramolecular Hbond substituents is 2. The van der Waals surface area contributed by atoms with Crippen molar-refractivity contribution in [1.82, 2.24) is 19.8 Å². The van der Waals surface area contributed by atoms with Gasteiger partial charge in [0.15, 0.2) is 10.8 Å². The molecule has 0 aliphatic rings. The second kappa shape index (κ2) is 4.48. The van der Waals surface area contributed by atoms with Crippen LogP contribution in [0.5, 0.6) is 11.5 Å². The van der Waals surface area contributed by atoms with E-state index in [4.69, 9.17) is 4.74 Å². The molecule has 2 aromatic heterocycles. The van der Waals surface area contributed by atoms with Gasteiger partial charge in [-0.25, -0.2) is 0 Å². The minimum absolute atomic E-state index is 0.0519. The van der Waals surface area contributed by atoms with Crippen molar-refractivity contribution in [3.8, 4) is 22.1 Å². The Morgan fingerprint density at radius 3 is 2.95 bits per heavy atom. The van der Waals surface area contributed by atoms with Gasteiger partial charge < -0.3 is 14.9 Å². The van der Waals surface area contributed by atoms with E-state index < -0.39 is 0 Å². The zero-order chi connectivity index (χ0) is 13.4. The highest BCUT2D eigenvalue weighted by Crippen LogP contribution is 2.34. The molecule has 0 fully saturated rings. The maximum atomic E-state index is 9.81. The largest absolute Gasteiger partial charge is 0.508 e. The average molecular weight is 278 g/mol. The van der Waals surface area contributed by atoms with Crippen molar-refractivity contribution in [2.45, 2.75) is 6.61 Å². The van der Waals surface area contributed by atoms with Crippen LogP contribution in [0.25, 0.3) is 15.5 Å². The van der Waals surface area contributed by atoms with Crippen LogP contribution in [-0.2, 0) is 11.3 Å². The molecule has 0 saturated heterocycles. The summed E-state index contributed by atoms with van der Waals surface area (Å²) < 4.78 is 6.57. The zero-order valence-corrected chi connectivity index (χ0v) is 10.8. The Kier molecular flexibility index (Phi) is 2.80. The average Bonchev–Trinajstić information content (AvgIpc) is 2.95. The first-order valence-corrected chi connectivity index (χ1v) is 6.23. The van der Waals surface area contributed by atoms with Crippen LogP contribution in [0.1, 0.15) is 5.82 Å². The fourth-order valence-electron chi connectivity index (χ4n) is 1.68. The van der Waals surface area contributed by atoms with E-state index in [1.54, 1.807) is 11.6 Å². The fraction of sp³-hybridized carbons (Fsp3) is 0.182. The van der Waals surface area contributed by atoms with Gasteiger partial charge in [0.05, 0.1) is 5.56 Å². The standard InChI is InChI=1S/C11H10N4O3S/c1-18-5-9-12-13-11-15(9)14-10(19-11)7-4-6(16)2-3-8(7)17/h2-4,16-17H,5H2,1H3. The van der Waals surface area contributed by atoms with Gasteiger partial charge in [0, 0.05) is 7.11 Å². The molecule has 3 rings (SSSR count). The predicted molar refractivity (Wildman–Crippen MR) is 68.1 cm³/mol. The molecule has 0 radical (unpaired) electrons. The number of nitrogens with zero attached hydrogens (tertiary/aromatic N) is 4. The number of hydrogen-bond acceptors (Lipinski definition) is 7. The zero-order valence-electron chi connectivity index (χ0n) is 9.94. The van der Waals surface area contributed by atoms with E-state index in [1.165, 1.54) is 29.5 Å². The number of ether oxygens (including phenoxy) is 1. The van der Waals surface area contributed by atoms with E-state index in [1.807, 2.05) is 0 Å². The number of methoxy groups -OCH3 is 1. The highest BCUT2D eigenvalue weighted by Gasteiger charge is 2.15. The Morgan fingerprint density at radius 1 is 1.32 bits per heavy atom. The highest BCUT2D eigenvalue weighted by atomic mass is 32.1. The third-order valence-electron chi connectivity index (χ3n) is 2.54. The van der Waals surface area contributed by atoms with Gasteiger partial charge in [-0.3, -0.25) is 0 Å².